The monoisotopic (exact) mass is 237 g/mol. The molecule has 0 saturated heterocycles. The molecule has 0 atom stereocenters. The van der Waals surface area contributed by atoms with Gasteiger partial charge in [-0.3, -0.25) is 0 Å². The summed E-state index contributed by atoms with van der Waals surface area (Å²) in [6.45, 7) is 2.19. The first-order valence-corrected chi connectivity index (χ1v) is 5.25. The van der Waals surface area contributed by atoms with E-state index in [4.69, 9.17) is 0 Å². The van der Waals surface area contributed by atoms with Crippen molar-refractivity contribution in [2.75, 3.05) is 0 Å². The number of nitrogens with zero attached hydrogens (tertiary/aromatic N) is 1. The summed E-state index contributed by atoms with van der Waals surface area (Å²) in [7, 11) is 2.09. The fourth-order valence-electron chi connectivity index (χ4n) is 1.72. The lowest BCUT2D eigenvalue weighted by Crippen LogP contribution is -1.82. The fraction of sp³-hybridized carbons (Fsp3) is 0.273. The summed E-state index contributed by atoms with van der Waals surface area (Å²) in [5, 5.41) is 1.37. The summed E-state index contributed by atoms with van der Waals surface area (Å²) in [5.74, 6) is 0. The molecular formula is C11H12BrN. The predicted molar refractivity (Wildman–Crippen MR) is 60.0 cm³/mol. The van der Waals surface area contributed by atoms with Crippen LogP contribution in [0.1, 0.15) is 12.5 Å². The van der Waals surface area contributed by atoms with Crippen LogP contribution in [0.4, 0.5) is 0 Å². The summed E-state index contributed by atoms with van der Waals surface area (Å²) < 4.78 is 3.32. The Hall–Kier alpha value is -0.760. The predicted octanol–water partition coefficient (Wildman–Crippen LogP) is 3.50. The van der Waals surface area contributed by atoms with E-state index in [0.717, 1.165) is 10.9 Å². The van der Waals surface area contributed by atoms with E-state index in [1.54, 1.807) is 0 Å². The Kier molecular flexibility index (Phi) is 2.16. The Morgan fingerprint density at radius 3 is 2.85 bits per heavy atom. The SMILES string of the molecule is CCc1cn(C)c2cc(Br)ccc12. The van der Waals surface area contributed by atoms with E-state index in [-0.39, 0.29) is 0 Å². The second kappa shape index (κ2) is 3.18. The van der Waals surface area contributed by atoms with Gasteiger partial charge in [-0.05, 0) is 24.1 Å². The quantitative estimate of drug-likeness (QED) is 0.716. The number of rotatable bonds is 1. The first-order chi connectivity index (χ1) is 6.22. The third kappa shape index (κ3) is 1.39. The maximum absolute atomic E-state index is 3.48. The first kappa shape index (κ1) is 8.82. The largest absolute Gasteiger partial charge is 0.350 e. The summed E-state index contributed by atoms with van der Waals surface area (Å²) in [6.07, 6.45) is 3.30. The van der Waals surface area contributed by atoms with Gasteiger partial charge in [0.15, 0.2) is 0 Å². The Bertz CT molecular complexity index is 443. The van der Waals surface area contributed by atoms with Gasteiger partial charge in [-0.25, -0.2) is 0 Å². The van der Waals surface area contributed by atoms with Crippen LogP contribution in [0.2, 0.25) is 0 Å². The Morgan fingerprint density at radius 1 is 1.38 bits per heavy atom. The average Bonchev–Trinajstić information content (AvgIpc) is 2.43. The molecule has 1 heterocycles. The van der Waals surface area contributed by atoms with Gasteiger partial charge in [-0.15, -0.1) is 0 Å². The Balaban J connectivity index is 2.80. The van der Waals surface area contributed by atoms with Gasteiger partial charge in [0.25, 0.3) is 0 Å². The van der Waals surface area contributed by atoms with Crippen molar-refractivity contribution in [2.45, 2.75) is 13.3 Å². The minimum absolute atomic E-state index is 1.10. The topological polar surface area (TPSA) is 4.93 Å². The molecule has 13 heavy (non-hydrogen) atoms. The highest BCUT2D eigenvalue weighted by atomic mass is 79.9. The number of hydrogen-bond donors (Lipinski definition) is 0. The highest BCUT2D eigenvalue weighted by Crippen LogP contribution is 2.24. The molecule has 2 rings (SSSR count). The second-order valence-electron chi connectivity index (χ2n) is 3.28. The number of hydrogen-bond acceptors (Lipinski definition) is 0. The molecule has 68 valence electrons. The molecule has 1 aromatic carbocycles. The van der Waals surface area contributed by atoms with Crippen molar-refractivity contribution < 1.29 is 0 Å². The molecule has 0 unspecified atom stereocenters. The molecule has 1 aromatic heterocycles. The van der Waals surface area contributed by atoms with Crippen molar-refractivity contribution in [2.24, 2.45) is 7.05 Å². The van der Waals surface area contributed by atoms with Crippen molar-refractivity contribution in [3.05, 3.63) is 34.4 Å². The number of aromatic nitrogens is 1. The molecule has 0 bridgehead atoms. The van der Waals surface area contributed by atoms with Crippen molar-refractivity contribution in [3.63, 3.8) is 0 Å². The molecule has 2 heteroatoms. The van der Waals surface area contributed by atoms with Gasteiger partial charge < -0.3 is 4.57 Å². The number of aryl methyl sites for hydroxylation is 2. The van der Waals surface area contributed by atoms with E-state index in [0.29, 0.717) is 0 Å². The van der Waals surface area contributed by atoms with Gasteiger partial charge in [0, 0.05) is 28.6 Å². The number of benzene rings is 1. The van der Waals surface area contributed by atoms with E-state index in [9.17, 15) is 0 Å². The lowest BCUT2D eigenvalue weighted by molar-refractivity contribution is 0.954. The van der Waals surface area contributed by atoms with E-state index >= 15 is 0 Å². The van der Waals surface area contributed by atoms with Crippen LogP contribution >= 0.6 is 15.9 Å². The standard InChI is InChI=1S/C11H12BrN/c1-3-8-7-13(2)11-6-9(12)4-5-10(8)11/h4-7H,3H2,1-2H3. The number of halogens is 1. The van der Waals surface area contributed by atoms with E-state index in [2.05, 4.69) is 58.9 Å². The molecule has 2 aromatic rings. The van der Waals surface area contributed by atoms with Crippen LogP contribution < -0.4 is 0 Å². The van der Waals surface area contributed by atoms with Crippen molar-refractivity contribution in [3.8, 4) is 0 Å². The van der Waals surface area contributed by atoms with Crippen LogP contribution in [0.25, 0.3) is 10.9 Å². The molecule has 0 aliphatic heterocycles. The molecule has 0 aliphatic rings. The van der Waals surface area contributed by atoms with Crippen molar-refractivity contribution in [1.29, 1.82) is 0 Å². The minimum atomic E-state index is 1.10. The van der Waals surface area contributed by atoms with Gasteiger partial charge >= 0.3 is 0 Å². The maximum atomic E-state index is 3.48. The lowest BCUT2D eigenvalue weighted by Gasteiger charge is -1.96. The summed E-state index contributed by atoms with van der Waals surface area (Å²) in [5.41, 5.74) is 2.72. The minimum Gasteiger partial charge on any atom is -0.350 e. The highest BCUT2D eigenvalue weighted by molar-refractivity contribution is 9.10. The first-order valence-electron chi connectivity index (χ1n) is 4.46. The molecular weight excluding hydrogens is 226 g/mol. The zero-order chi connectivity index (χ0) is 9.42. The fourth-order valence-corrected chi connectivity index (χ4v) is 2.07. The van der Waals surface area contributed by atoms with Crippen LogP contribution in [-0.4, -0.2) is 4.57 Å². The zero-order valence-corrected chi connectivity index (χ0v) is 9.43. The maximum Gasteiger partial charge on any atom is 0.0491 e. The molecule has 0 saturated carbocycles. The Labute approximate surface area is 86.5 Å². The summed E-state index contributed by atoms with van der Waals surface area (Å²) in [6, 6.07) is 6.44. The van der Waals surface area contributed by atoms with Crippen LogP contribution in [0, 0.1) is 0 Å². The van der Waals surface area contributed by atoms with Crippen molar-refractivity contribution >= 4 is 26.8 Å². The Morgan fingerprint density at radius 2 is 2.15 bits per heavy atom. The third-order valence-corrected chi connectivity index (χ3v) is 2.91. The van der Waals surface area contributed by atoms with E-state index in [1.807, 2.05) is 0 Å². The lowest BCUT2D eigenvalue weighted by atomic mass is 10.1. The summed E-state index contributed by atoms with van der Waals surface area (Å²) >= 11 is 3.48. The summed E-state index contributed by atoms with van der Waals surface area (Å²) in [4.78, 5) is 0. The molecule has 0 radical (unpaired) electrons. The zero-order valence-electron chi connectivity index (χ0n) is 7.84. The molecule has 0 amide bonds. The van der Waals surface area contributed by atoms with Gasteiger partial charge in [0.1, 0.15) is 0 Å². The van der Waals surface area contributed by atoms with E-state index < -0.39 is 0 Å². The molecule has 1 nitrogen and oxygen atoms in total. The van der Waals surface area contributed by atoms with Crippen LogP contribution in [0.3, 0.4) is 0 Å². The van der Waals surface area contributed by atoms with Gasteiger partial charge in [-0.1, -0.05) is 28.9 Å². The van der Waals surface area contributed by atoms with Crippen LogP contribution in [0.15, 0.2) is 28.9 Å². The smallest absolute Gasteiger partial charge is 0.0491 e. The van der Waals surface area contributed by atoms with Gasteiger partial charge in [0.2, 0.25) is 0 Å². The van der Waals surface area contributed by atoms with Gasteiger partial charge in [0.05, 0.1) is 0 Å². The second-order valence-corrected chi connectivity index (χ2v) is 4.20. The van der Waals surface area contributed by atoms with Crippen LogP contribution in [-0.2, 0) is 13.5 Å². The van der Waals surface area contributed by atoms with Gasteiger partial charge in [-0.2, -0.15) is 0 Å². The molecule has 0 spiro atoms. The normalized spacial score (nSPS) is 11.0. The molecule has 0 aliphatic carbocycles. The van der Waals surface area contributed by atoms with Crippen molar-refractivity contribution in [1.82, 2.24) is 4.57 Å². The molecule has 0 N–H and O–H groups in total. The third-order valence-electron chi connectivity index (χ3n) is 2.42. The van der Waals surface area contributed by atoms with Crippen LogP contribution in [0.5, 0.6) is 0 Å². The highest BCUT2D eigenvalue weighted by Gasteiger charge is 2.04. The average molecular weight is 238 g/mol. The molecule has 0 fully saturated rings. The van der Waals surface area contributed by atoms with E-state index in [1.165, 1.54) is 16.5 Å². The number of fused-ring (bicyclic) bond motifs is 1.